The maximum absolute atomic E-state index is 12.7. The standard InChI is InChI=1S/C24H27N5OS/c1-14(2)29-24-21(12-25-29)15(3)20(16(4)26-24)9-10-23(30)28-19-8-6-7-18(11-19)22-13-31-17(5)27-22/h6-8,11-14H,9-10H2,1-5H3,(H,28,30). The summed E-state index contributed by atoms with van der Waals surface area (Å²) >= 11 is 1.62. The number of pyridine rings is 1. The highest BCUT2D eigenvalue weighted by Gasteiger charge is 2.16. The van der Waals surface area contributed by atoms with Gasteiger partial charge in [-0.2, -0.15) is 5.10 Å². The van der Waals surface area contributed by atoms with Crippen molar-refractivity contribution in [3.05, 3.63) is 57.7 Å². The van der Waals surface area contributed by atoms with Gasteiger partial charge in [-0.25, -0.2) is 14.6 Å². The van der Waals surface area contributed by atoms with Crippen molar-refractivity contribution >= 4 is 34.0 Å². The number of nitrogens with zero attached hydrogens (tertiary/aromatic N) is 4. The van der Waals surface area contributed by atoms with Crippen molar-refractivity contribution in [1.29, 1.82) is 0 Å². The molecule has 0 aliphatic rings. The first kappa shape index (κ1) is 21.2. The number of hydrogen-bond donors (Lipinski definition) is 1. The third-order valence-electron chi connectivity index (χ3n) is 5.49. The Hall–Kier alpha value is -3.06. The second-order valence-corrected chi connectivity index (χ2v) is 9.16. The van der Waals surface area contributed by atoms with E-state index in [4.69, 9.17) is 4.98 Å². The lowest BCUT2D eigenvalue weighted by atomic mass is 10.0. The number of nitrogens with one attached hydrogen (secondary N) is 1. The molecule has 4 aromatic rings. The number of hydrogen-bond acceptors (Lipinski definition) is 5. The summed E-state index contributed by atoms with van der Waals surface area (Å²) in [5.74, 6) is -0.0108. The van der Waals surface area contributed by atoms with Crippen LogP contribution in [0.5, 0.6) is 0 Å². The summed E-state index contributed by atoms with van der Waals surface area (Å²) in [6, 6.07) is 8.08. The van der Waals surface area contributed by atoms with Gasteiger partial charge in [0.05, 0.1) is 16.9 Å². The lowest BCUT2D eigenvalue weighted by molar-refractivity contribution is -0.116. The zero-order chi connectivity index (χ0) is 22.1. The molecule has 0 spiro atoms. The molecule has 0 radical (unpaired) electrons. The molecule has 1 N–H and O–H groups in total. The minimum Gasteiger partial charge on any atom is -0.326 e. The molecule has 6 nitrogen and oxygen atoms in total. The van der Waals surface area contributed by atoms with Crippen LogP contribution in [-0.2, 0) is 11.2 Å². The average Bonchev–Trinajstić information content (AvgIpc) is 3.34. The van der Waals surface area contributed by atoms with Crippen molar-refractivity contribution < 1.29 is 4.79 Å². The van der Waals surface area contributed by atoms with Gasteiger partial charge < -0.3 is 5.32 Å². The number of aryl methyl sites for hydroxylation is 3. The van der Waals surface area contributed by atoms with Crippen LogP contribution in [0.15, 0.2) is 35.8 Å². The van der Waals surface area contributed by atoms with Crippen LogP contribution in [0.25, 0.3) is 22.3 Å². The Balaban J connectivity index is 1.47. The molecular weight excluding hydrogens is 406 g/mol. The fourth-order valence-electron chi connectivity index (χ4n) is 3.85. The molecule has 0 saturated heterocycles. The first-order valence-corrected chi connectivity index (χ1v) is 11.4. The molecule has 1 aromatic carbocycles. The van der Waals surface area contributed by atoms with Gasteiger partial charge in [-0.15, -0.1) is 11.3 Å². The van der Waals surface area contributed by atoms with Gasteiger partial charge in [-0.1, -0.05) is 12.1 Å². The molecule has 0 bridgehead atoms. The van der Waals surface area contributed by atoms with Gasteiger partial charge in [-0.3, -0.25) is 4.79 Å². The Bertz CT molecular complexity index is 1250. The summed E-state index contributed by atoms with van der Waals surface area (Å²) in [4.78, 5) is 22.0. The second-order valence-electron chi connectivity index (χ2n) is 8.10. The second kappa shape index (κ2) is 8.59. The number of thiazole rings is 1. The fraction of sp³-hybridized carbons (Fsp3) is 0.333. The third-order valence-corrected chi connectivity index (χ3v) is 6.26. The molecule has 3 heterocycles. The number of amides is 1. The normalized spacial score (nSPS) is 11.4. The van der Waals surface area contributed by atoms with Gasteiger partial charge in [0.15, 0.2) is 5.65 Å². The summed E-state index contributed by atoms with van der Waals surface area (Å²) in [6.07, 6.45) is 2.92. The van der Waals surface area contributed by atoms with Crippen LogP contribution in [0.3, 0.4) is 0 Å². The molecule has 0 aliphatic heterocycles. The Morgan fingerprint density at radius 1 is 1.19 bits per heavy atom. The van der Waals surface area contributed by atoms with Crippen LogP contribution in [0.4, 0.5) is 5.69 Å². The average molecular weight is 434 g/mol. The zero-order valence-electron chi connectivity index (χ0n) is 18.6. The highest BCUT2D eigenvalue weighted by molar-refractivity contribution is 7.09. The van der Waals surface area contributed by atoms with E-state index in [-0.39, 0.29) is 11.9 Å². The molecule has 0 fully saturated rings. The van der Waals surface area contributed by atoms with Gasteiger partial charge >= 0.3 is 0 Å². The number of rotatable bonds is 6. The monoisotopic (exact) mass is 433 g/mol. The quantitative estimate of drug-likeness (QED) is 0.427. The van der Waals surface area contributed by atoms with E-state index in [0.29, 0.717) is 12.8 Å². The molecular formula is C24H27N5OS. The topological polar surface area (TPSA) is 72.7 Å². The van der Waals surface area contributed by atoms with Gasteiger partial charge in [0.2, 0.25) is 5.91 Å². The largest absolute Gasteiger partial charge is 0.326 e. The molecule has 4 rings (SSSR count). The van der Waals surface area contributed by atoms with Gasteiger partial charge in [-0.05, 0) is 64.3 Å². The summed E-state index contributed by atoms with van der Waals surface area (Å²) in [5, 5.41) is 11.6. The van der Waals surface area contributed by atoms with Crippen LogP contribution in [-0.4, -0.2) is 25.7 Å². The van der Waals surface area contributed by atoms with Crippen molar-refractivity contribution in [3.8, 4) is 11.3 Å². The maximum Gasteiger partial charge on any atom is 0.224 e. The third kappa shape index (κ3) is 4.37. The fourth-order valence-corrected chi connectivity index (χ4v) is 4.47. The van der Waals surface area contributed by atoms with E-state index >= 15 is 0 Å². The minimum atomic E-state index is -0.0108. The van der Waals surface area contributed by atoms with Crippen molar-refractivity contribution in [3.63, 3.8) is 0 Å². The molecule has 160 valence electrons. The molecule has 7 heteroatoms. The maximum atomic E-state index is 12.7. The number of benzene rings is 1. The first-order valence-electron chi connectivity index (χ1n) is 10.5. The summed E-state index contributed by atoms with van der Waals surface area (Å²) in [7, 11) is 0. The number of carbonyl (C=O) groups excluding carboxylic acids is 1. The smallest absolute Gasteiger partial charge is 0.224 e. The van der Waals surface area contributed by atoms with E-state index in [1.54, 1.807) is 11.3 Å². The van der Waals surface area contributed by atoms with Crippen LogP contribution in [0.2, 0.25) is 0 Å². The zero-order valence-corrected chi connectivity index (χ0v) is 19.4. The number of anilines is 1. The van der Waals surface area contributed by atoms with Gasteiger partial charge in [0, 0.05) is 40.2 Å². The molecule has 0 atom stereocenters. The highest BCUT2D eigenvalue weighted by atomic mass is 32.1. The summed E-state index contributed by atoms with van der Waals surface area (Å²) in [6.45, 7) is 10.3. The SMILES string of the molecule is Cc1nc(-c2cccc(NC(=O)CCc3c(C)nc4c(cnn4C(C)C)c3C)c2)cs1. The Morgan fingerprint density at radius 3 is 2.71 bits per heavy atom. The summed E-state index contributed by atoms with van der Waals surface area (Å²) < 4.78 is 1.95. The highest BCUT2D eigenvalue weighted by Crippen LogP contribution is 2.26. The van der Waals surface area contributed by atoms with E-state index in [2.05, 4.69) is 36.2 Å². The van der Waals surface area contributed by atoms with E-state index in [0.717, 1.165) is 49.8 Å². The van der Waals surface area contributed by atoms with Crippen molar-refractivity contribution in [2.45, 2.75) is 53.5 Å². The van der Waals surface area contributed by atoms with E-state index in [1.807, 2.05) is 54.4 Å². The van der Waals surface area contributed by atoms with Crippen molar-refractivity contribution in [2.75, 3.05) is 5.32 Å². The van der Waals surface area contributed by atoms with Crippen LogP contribution in [0.1, 0.15) is 48.1 Å². The first-order chi connectivity index (χ1) is 14.8. The van der Waals surface area contributed by atoms with Crippen LogP contribution < -0.4 is 5.32 Å². The number of carbonyl (C=O) groups is 1. The molecule has 0 saturated carbocycles. The summed E-state index contributed by atoms with van der Waals surface area (Å²) in [5.41, 5.74) is 6.87. The Labute approximate surface area is 186 Å². The van der Waals surface area contributed by atoms with E-state index in [1.165, 1.54) is 0 Å². The molecule has 0 unspecified atom stereocenters. The Kier molecular flexibility index (Phi) is 5.87. The predicted octanol–water partition coefficient (Wildman–Crippen LogP) is 5.63. The molecule has 1 amide bonds. The lowest BCUT2D eigenvalue weighted by Gasteiger charge is -2.13. The van der Waals surface area contributed by atoms with Crippen LogP contribution in [0, 0.1) is 20.8 Å². The minimum absolute atomic E-state index is 0.0108. The van der Waals surface area contributed by atoms with Crippen LogP contribution >= 0.6 is 11.3 Å². The lowest BCUT2D eigenvalue weighted by Crippen LogP contribution is -2.13. The van der Waals surface area contributed by atoms with Crippen molar-refractivity contribution in [2.24, 2.45) is 0 Å². The van der Waals surface area contributed by atoms with Crippen molar-refractivity contribution in [1.82, 2.24) is 19.7 Å². The van der Waals surface area contributed by atoms with Gasteiger partial charge in [0.1, 0.15) is 0 Å². The van der Waals surface area contributed by atoms with Gasteiger partial charge in [0.25, 0.3) is 0 Å². The molecule has 31 heavy (non-hydrogen) atoms. The predicted molar refractivity (Wildman–Crippen MR) is 127 cm³/mol. The Morgan fingerprint density at radius 2 is 2.00 bits per heavy atom. The number of aromatic nitrogens is 4. The van der Waals surface area contributed by atoms with E-state index in [9.17, 15) is 4.79 Å². The number of fused-ring (bicyclic) bond motifs is 1. The van der Waals surface area contributed by atoms with E-state index < -0.39 is 0 Å². The molecule has 0 aliphatic carbocycles. The molecule has 3 aromatic heterocycles.